The van der Waals surface area contributed by atoms with Gasteiger partial charge in [-0.2, -0.15) is 0 Å². The predicted octanol–water partition coefficient (Wildman–Crippen LogP) is 25.6. The van der Waals surface area contributed by atoms with Gasteiger partial charge in [-0.3, -0.25) is 0 Å². The van der Waals surface area contributed by atoms with Gasteiger partial charge in [0.2, 0.25) is 0 Å². The molecular weight excluding hydrogens is 2680 g/mol. The number of alkyl halides is 12. The minimum atomic E-state index is -4.54. The second-order valence-electron chi connectivity index (χ2n) is 41.7. The van der Waals surface area contributed by atoms with Crippen molar-refractivity contribution in [2.45, 2.75) is 275 Å². The molecule has 4 N–H and O–H groups in total. The molecule has 16 aliphatic rings. The van der Waals surface area contributed by atoms with E-state index in [9.17, 15) is 73.1 Å². The van der Waals surface area contributed by atoms with Gasteiger partial charge in [-0.25, -0.2) is 52.7 Å². The first-order valence-corrected chi connectivity index (χ1v) is 56.8. The fourth-order valence-corrected chi connectivity index (χ4v) is 32.1. The first kappa shape index (κ1) is 104. The third kappa shape index (κ3) is 21.4. The predicted molar refractivity (Wildman–Crippen MR) is 428 cm³/mol. The number of aliphatic hydroxyl groups excluding tert-OH is 4. The Morgan fingerprint density at radius 3 is 0.786 bits per heavy atom. The van der Waals surface area contributed by atoms with Gasteiger partial charge in [-0.1, -0.05) is 130 Å². The Morgan fingerprint density at radius 2 is 0.556 bits per heavy atom. The number of halogens is 15. The molecule has 16 aliphatic carbocycles. The first-order chi connectivity index (χ1) is 51.7. The maximum atomic E-state index is 12.7. The van der Waals surface area contributed by atoms with E-state index in [0.29, 0.717) is 114 Å². The van der Waals surface area contributed by atoms with Crippen molar-refractivity contribution < 1.29 is 99.7 Å². The zero-order valence-electron chi connectivity index (χ0n) is 74.2. The van der Waals surface area contributed by atoms with Crippen LogP contribution in [-0.2, 0) is 26.6 Å². The van der Waals surface area contributed by atoms with E-state index in [2.05, 4.69) is 81.6 Å². The van der Waals surface area contributed by atoms with Crippen LogP contribution in [0.2, 0.25) is 45.8 Å². The molecule has 16 saturated carbocycles. The van der Waals surface area contributed by atoms with Gasteiger partial charge in [-0.05, 0) is 294 Å². The average molecular weight is 2830 g/mol. The Bertz CT molecular complexity index is 2880. The van der Waals surface area contributed by atoms with Crippen molar-refractivity contribution in [2.24, 2.45) is 187 Å². The number of hydrogen-bond donors (Lipinski definition) is 4. The summed E-state index contributed by atoms with van der Waals surface area (Å²) in [6.07, 6.45) is -4.85. The summed E-state index contributed by atoms with van der Waals surface area (Å²) in [5, 5.41) is 37.5. The Kier molecular flexibility index (Phi) is 33.2. The Labute approximate surface area is 688 Å². The van der Waals surface area contributed by atoms with E-state index in [0.717, 1.165) is 97.7 Å². The summed E-state index contributed by atoms with van der Waals surface area (Å²) >= 11 is 15.6. The molecule has 28 unspecified atom stereocenters. The number of rotatable bonds is 17. The van der Waals surface area contributed by atoms with Crippen molar-refractivity contribution in [1.82, 2.24) is 0 Å². The topological polar surface area (TPSA) is 136 Å². The van der Waals surface area contributed by atoms with Crippen LogP contribution in [0, 0.1) is 212 Å². The molecule has 33 heteroatoms. The van der Waals surface area contributed by atoms with E-state index in [-0.39, 0.29) is 60.2 Å². The standard InChI is InChI=1S/4C17H24F3O.C7H18O3Si.C4H12O3Si.C4H12Si.CH3Cl3Si.4Rf/c2*1-16(2)11-3-4-12(16)15-10-6-9(14(11)15)5-8(10)7-13(21)17(18,19)20;2*1-16(2)11-6-10(7-12(21)17(18,19)20)15(16)14-9-4-3-8(5-9)13(11)14;1-5-8-11(4,9-6-2)10-7-3;1-5-8(4,6-2)7-3;2*1-5(2,3)4;;;;/h2*8-12,14-15,21H,3-7H2,1-2H3;2*8-11,13-15,21H,3-7H2,1-2H3;5-7H2,1-4H3;1-4H3;1-4H3;1H3;;;;/q4*-1;;;;;;;;. The van der Waals surface area contributed by atoms with Gasteiger partial charge in [0.05, 0.1) is 0 Å². The maximum absolute atomic E-state index is 12.7. The molecule has 0 aromatic rings. The molecule has 0 saturated heterocycles. The monoisotopic (exact) mass is 2820 g/mol. The van der Waals surface area contributed by atoms with E-state index in [1.807, 2.05) is 33.9 Å². The molecule has 16 fully saturated rings. The van der Waals surface area contributed by atoms with Gasteiger partial charge in [0, 0.05) is 62.3 Å². The van der Waals surface area contributed by atoms with E-state index in [1.54, 1.807) is 27.9 Å². The summed E-state index contributed by atoms with van der Waals surface area (Å²) in [4.78, 5) is 0. The zero-order chi connectivity index (χ0) is 85.0. The zero-order valence-corrected chi connectivity index (χ0v) is 106. The van der Waals surface area contributed by atoms with Crippen LogP contribution in [0.5, 0.6) is 0 Å². The normalized spacial score (nSPS) is 39.0. The van der Waals surface area contributed by atoms with Crippen LogP contribution in [0.1, 0.15) is 205 Å². The first-order valence-electron chi connectivity index (χ1n) is 42.8. The summed E-state index contributed by atoms with van der Waals surface area (Å²) in [5.74, 6) is 16.1. The van der Waals surface area contributed by atoms with E-state index >= 15 is 0 Å². The van der Waals surface area contributed by atoms with Crippen molar-refractivity contribution in [1.29, 1.82) is 0 Å². The third-order valence-electron chi connectivity index (χ3n) is 32.9. The molecule has 0 aromatic heterocycles. The SMILES string of the molecule is CC1(C)C2CC(C[C-](O)C(F)(F)F)C1C1C3CCC(C3)C12.CC1(C)C2CC(C[C-](O)C(F)(F)F)C1C1C3CCC(C3)C12.CC1(C)C2CCC1C1C3CC(CC3C[C-](O)C(F)(F)F)C12.CC1(C)C2CCC1C1C3CC(CC3C[C-](O)C(F)(F)F)C12.CCO[Si](C)(OCC)OCC.CO[Si](C)(OC)OC.C[Si](C)(C)C.C[Si](Cl)(Cl)Cl.[Rf].[Rf].[Rf].[Rf]. The molecule has 16 bridgehead atoms. The maximum Gasteiger partial charge on any atom is 0.497 e. The van der Waals surface area contributed by atoms with Crippen LogP contribution in [-0.4, -0.2) is 118 Å². The number of hydrogen-bond acceptors (Lipinski definition) is 10. The summed E-state index contributed by atoms with van der Waals surface area (Å²) in [6.45, 7) is 41.1. The quantitative estimate of drug-likeness (QED) is 0.0366. The van der Waals surface area contributed by atoms with Gasteiger partial charge < -0.3 is 47.0 Å². The van der Waals surface area contributed by atoms with Crippen molar-refractivity contribution in [2.75, 3.05) is 41.2 Å². The summed E-state index contributed by atoms with van der Waals surface area (Å²) in [7, 11) is -0.284. The Hall–Kier alpha value is -3.50. The summed E-state index contributed by atoms with van der Waals surface area (Å²) < 4.78 is 183. The van der Waals surface area contributed by atoms with Crippen LogP contribution >= 0.6 is 33.2 Å². The molecule has 0 aliphatic heterocycles. The third-order valence-corrected chi connectivity index (χ3v) is 37.5. The molecule has 0 spiro atoms. The fraction of sp³-hybridized carbons (Fsp3) is 0.952. The molecule has 0 aromatic carbocycles. The number of fused-ring (bicyclic) bond motifs is 36. The minimum absolute atomic E-state index is 0. The molecule has 28 atom stereocenters. The molecule has 10 nitrogen and oxygen atoms in total. The molecule has 0 amide bonds. The van der Waals surface area contributed by atoms with Crippen molar-refractivity contribution in [3.63, 3.8) is 0 Å². The van der Waals surface area contributed by atoms with Crippen LogP contribution < -0.4 is 0 Å². The molecule has 0 heterocycles. The van der Waals surface area contributed by atoms with Crippen LogP contribution in [0.3, 0.4) is 0 Å². The second-order valence-corrected chi connectivity index (χ2v) is 63.4. The van der Waals surface area contributed by atoms with Crippen LogP contribution in [0.15, 0.2) is 0 Å². The largest absolute Gasteiger partial charge is 0.554 e. The Morgan fingerprint density at radius 1 is 0.325 bits per heavy atom. The summed E-state index contributed by atoms with van der Waals surface area (Å²) in [5.41, 5.74) is 1.09. The molecular formula is C84H141Cl3F12O10Rf4Si4-4. The van der Waals surface area contributed by atoms with Crippen LogP contribution in [0.25, 0.3) is 0 Å². The molecule has 0 radical (unpaired) electrons. The second kappa shape index (κ2) is 37.4. The fourth-order valence-electron chi connectivity index (χ4n) is 29.7. The smallest absolute Gasteiger partial charge is 0.497 e. The van der Waals surface area contributed by atoms with Crippen molar-refractivity contribution in [3.8, 4) is 0 Å². The van der Waals surface area contributed by atoms with Gasteiger partial charge in [-0.15, -0.1) is 58.9 Å². The van der Waals surface area contributed by atoms with E-state index in [4.69, 9.17) is 59.8 Å². The summed E-state index contributed by atoms with van der Waals surface area (Å²) in [6, 6.07) is -2.19. The molecule has 16 rings (SSSR count). The van der Waals surface area contributed by atoms with E-state index in [1.165, 1.54) is 64.2 Å². The van der Waals surface area contributed by atoms with Crippen molar-refractivity contribution >= 4 is 64.9 Å². The van der Waals surface area contributed by atoms with Crippen molar-refractivity contribution in [3.05, 3.63) is 24.4 Å². The molecule has 670 valence electrons. The number of aliphatic hydroxyl groups is 4. The Balaban J connectivity index is 0.000000248. The van der Waals surface area contributed by atoms with Gasteiger partial charge in [0.1, 0.15) is 0 Å². The van der Waals surface area contributed by atoms with Gasteiger partial charge in [0.25, 0.3) is 24.7 Å². The van der Waals surface area contributed by atoms with Crippen LogP contribution in [0.4, 0.5) is 52.7 Å². The van der Waals surface area contributed by atoms with Gasteiger partial charge in [0.15, 0.2) is 0 Å². The minimum Gasteiger partial charge on any atom is -0.554 e. The molecule has 117 heavy (non-hydrogen) atoms. The van der Waals surface area contributed by atoms with E-state index < -0.39 is 80.8 Å². The van der Waals surface area contributed by atoms with Gasteiger partial charge >= 0.3 is 23.6 Å². The average Bonchev–Trinajstić information content (AvgIpc) is 1.55.